The molecule has 2 rings (SSSR count). The molecule has 1 saturated carbocycles. The van der Waals surface area contributed by atoms with Crippen LogP contribution in [0, 0.1) is 0 Å². The predicted octanol–water partition coefficient (Wildman–Crippen LogP) is 3.64. The highest BCUT2D eigenvalue weighted by atomic mass is 15.3. The molecule has 2 heteroatoms. The average molecular weight is 250 g/mol. The van der Waals surface area contributed by atoms with Gasteiger partial charge in [0.1, 0.15) is 0 Å². The first-order valence-corrected chi connectivity index (χ1v) is 7.68. The van der Waals surface area contributed by atoms with Crippen LogP contribution in [0.15, 0.2) is 12.3 Å². The first-order valence-electron chi connectivity index (χ1n) is 7.68. The van der Waals surface area contributed by atoms with Crippen molar-refractivity contribution in [1.29, 1.82) is 0 Å². The molecule has 2 nitrogen and oxygen atoms in total. The normalized spacial score (nSPS) is 29.9. The molecule has 1 heterocycles. The van der Waals surface area contributed by atoms with Crippen LogP contribution in [0.3, 0.4) is 0 Å². The van der Waals surface area contributed by atoms with Crippen LogP contribution in [0.1, 0.15) is 59.3 Å². The van der Waals surface area contributed by atoms with Crippen molar-refractivity contribution >= 4 is 0 Å². The minimum Gasteiger partial charge on any atom is -0.367 e. The maximum absolute atomic E-state index is 4.52. The van der Waals surface area contributed by atoms with E-state index in [0.29, 0.717) is 12.1 Å². The largest absolute Gasteiger partial charge is 0.367 e. The van der Waals surface area contributed by atoms with Gasteiger partial charge in [-0.05, 0) is 40.7 Å². The van der Waals surface area contributed by atoms with E-state index in [1.54, 1.807) is 0 Å². The van der Waals surface area contributed by atoms with Crippen molar-refractivity contribution in [1.82, 2.24) is 9.80 Å². The smallest absolute Gasteiger partial charge is 0.0602 e. The fraction of sp³-hybridized carbons (Fsp3) is 0.875. The van der Waals surface area contributed by atoms with Crippen LogP contribution in [0.4, 0.5) is 0 Å². The van der Waals surface area contributed by atoms with E-state index in [-0.39, 0.29) is 5.54 Å². The van der Waals surface area contributed by atoms with Crippen LogP contribution in [0.2, 0.25) is 0 Å². The van der Waals surface area contributed by atoms with Crippen LogP contribution in [-0.4, -0.2) is 41.0 Å². The Balaban J connectivity index is 2.29. The molecule has 104 valence electrons. The molecule has 2 fully saturated rings. The Morgan fingerprint density at radius 2 is 1.72 bits per heavy atom. The van der Waals surface area contributed by atoms with Crippen molar-refractivity contribution in [2.45, 2.75) is 76.9 Å². The van der Waals surface area contributed by atoms with E-state index in [9.17, 15) is 0 Å². The van der Waals surface area contributed by atoms with Crippen LogP contribution < -0.4 is 0 Å². The van der Waals surface area contributed by atoms with Crippen molar-refractivity contribution in [2.24, 2.45) is 0 Å². The van der Waals surface area contributed by atoms with Crippen LogP contribution in [0.5, 0.6) is 0 Å². The summed E-state index contributed by atoms with van der Waals surface area (Å²) in [7, 11) is 2.31. The summed E-state index contributed by atoms with van der Waals surface area (Å²) >= 11 is 0. The van der Waals surface area contributed by atoms with E-state index in [2.05, 4.69) is 44.2 Å². The van der Waals surface area contributed by atoms with Crippen LogP contribution in [-0.2, 0) is 0 Å². The Hall–Kier alpha value is -0.500. The molecule has 0 amide bonds. The van der Waals surface area contributed by atoms with E-state index < -0.39 is 0 Å². The molecule has 0 aromatic rings. The Kier molecular flexibility index (Phi) is 4.05. The van der Waals surface area contributed by atoms with E-state index in [0.717, 1.165) is 0 Å². The first-order chi connectivity index (χ1) is 8.49. The maximum Gasteiger partial charge on any atom is 0.0602 e. The Labute approximate surface area is 113 Å². The molecule has 0 bridgehead atoms. The second kappa shape index (κ2) is 5.24. The number of piperazine rings is 1. The van der Waals surface area contributed by atoms with Gasteiger partial charge in [0.25, 0.3) is 0 Å². The lowest BCUT2D eigenvalue weighted by molar-refractivity contribution is 0.00841. The molecule has 1 aliphatic heterocycles. The number of nitrogens with zero attached hydrogens (tertiary/aromatic N) is 2. The zero-order chi connectivity index (χ0) is 13.3. The number of hydrogen-bond donors (Lipinski definition) is 0. The third-order valence-corrected chi connectivity index (χ3v) is 5.08. The zero-order valence-electron chi connectivity index (χ0n) is 12.7. The topological polar surface area (TPSA) is 6.48 Å². The summed E-state index contributed by atoms with van der Waals surface area (Å²) < 4.78 is 0. The molecule has 0 radical (unpaired) electrons. The fourth-order valence-electron chi connectivity index (χ4n) is 4.19. The van der Waals surface area contributed by atoms with E-state index in [1.807, 2.05) is 0 Å². The third-order valence-electron chi connectivity index (χ3n) is 5.08. The SMILES string of the molecule is C=C1N(C(C)C)C(C)CN(C)C12CCCCCC2. The average Bonchev–Trinajstić information content (AvgIpc) is 2.52. The number of hydrogen-bond acceptors (Lipinski definition) is 2. The highest BCUT2D eigenvalue weighted by molar-refractivity contribution is 5.21. The van der Waals surface area contributed by atoms with Gasteiger partial charge in [-0.25, -0.2) is 0 Å². The fourth-order valence-corrected chi connectivity index (χ4v) is 4.19. The van der Waals surface area contributed by atoms with Gasteiger partial charge in [-0.2, -0.15) is 0 Å². The molecular formula is C16H30N2. The minimum atomic E-state index is 0.257. The lowest BCUT2D eigenvalue weighted by Crippen LogP contribution is -2.63. The first kappa shape index (κ1) is 13.9. The summed E-state index contributed by atoms with van der Waals surface area (Å²) in [6.45, 7) is 12.6. The van der Waals surface area contributed by atoms with Gasteiger partial charge in [-0.15, -0.1) is 0 Å². The van der Waals surface area contributed by atoms with Crippen molar-refractivity contribution in [3.05, 3.63) is 12.3 Å². The van der Waals surface area contributed by atoms with Gasteiger partial charge in [0, 0.05) is 24.3 Å². The second-order valence-electron chi connectivity index (χ2n) is 6.62. The van der Waals surface area contributed by atoms with Gasteiger partial charge in [0.05, 0.1) is 5.54 Å². The second-order valence-corrected chi connectivity index (χ2v) is 6.62. The number of likely N-dealkylation sites (N-methyl/N-ethyl adjacent to an activating group) is 1. The van der Waals surface area contributed by atoms with E-state index in [1.165, 1.54) is 50.8 Å². The number of rotatable bonds is 1. The van der Waals surface area contributed by atoms with Gasteiger partial charge < -0.3 is 4.90 Å². The molecular weight excluding hydrogens is 220 g/mol. The molecule has 2 aliphatic rings. The highest BCUT2D eigenvalue weighted by Crippen LogP contribution is 2.42. The molecule has 0 N–H and O–H groups in total. The maximum atomic E-state index is 4.52. The quantitative estimate of drug-likeness (QED) is 0.701. The standard InChI is InChI=1S/C16H30N2/c1-13(2)18-14(3)12-17(5)16(15(18)4)10-8-6-7-9-11-16/h13-14H,4,6-12H2,1-3,5H3. The van der Waals surface area contributed by atoms with Gasteiger partial charge in [0.2, 0.25) is 0 Å². The summed E-state index contributed by atoms with van der Waals surface area (Å²) in [5.41, 5.74) is 1.65. The Morgan fingerprint density at radius 1 is 1.17 bits per heavy atom. The monoisotopic (exact) mass is 250 g/mol. The van der Waals surface area contributed by atoms with Crippen LogP contribution in [0.25, 0.3) is 0 Å². The summed E-state index contributed by atoms with van der Waals surface area (Å²) in [5, 5.41) is 0. The lowest BCUT2D eigenvalue weighted by Gasteiger charge is -2.56. The van der Waals surface area contributed by atoms with E-state index >= 15 is 0 Å². The van der Waals surface area contributed by atoms with Gasteiger partial charge in [0.15, 0.2) is 0 Å². The van der Waals surface area contributed by atoms with Gasteiger partial charge in [-0.3, -0.25) is 4.90 Å². The van der Waals surface area contributed by atoms with Gasteiger partial charge in [-0.1, -0.05) is 32.3 Å². The third kappa shape index (κ3) is 2.20. The van der Waals surface area contributed by atoms with Crippen molar-refractivity contribution < 1.29 is 0 Å². The van der Waals surface area contributed by atoms with Crippen molar-refractivity contribution in [3.8, 4) is 0 Å². The van der Waals surface area contributed by atoms with Crippen molar-refractivity contribution in [2.75, 3.05) is 13.6 Å². The molecule has 1 atom stereocenters. The van der Waals surface area contributed by atoms with Crippen LogP contribution >= 0.6 is 0 Å². The molecule has 1 saturated heterocycles. The molecule has 0 aromatic carbocycles. The molecule has 18 heavy (non-hydrogen) atoms. The lowest BCUT2D eigenvalue weighted by atomic mass is 9.81. The van der Waals surface area contributed by atoms with Gasteiger partial charge >= 0.3 is 0 Å². The minimum absolute atomic E-state index is 0.257. The van der Waals surface area contributed by atoms with E-state index in [4.69, 9.17) is 0 Å². The Morgan fingerprint density at radius 3 is 2.22 bits per heavy atom. The highest BCUT2D eigenvalue weighted by Gasteiger charge is 2.45. The molecule has 1 unspecified atom stereocenters. The summed E-state index contributed by atoms with van der Waals surface area (Å²) in [5.74, 6) is 0. The Bertz CT molecular complexity index is 300. The zero-order valence-corrected chi connectivity index (χ0v) is 12.7. The predicted molar refractivity (Wildman–Crippen MR) is 78.6 cm³/mol. The molecule has 0 aromatic heterocycles. The summed E-state index contributed by atoms with van der Waals surface area (Å²) in [4.78, 5) is 5.18. The van der Waals surface area contributed by atoms with Crippen molar-refractivity contribution in [3.63, 3.8) is 0 Å². The molecule has 1 aliphatic carbocycles. The summed E-state index contributed by atoms with van der Waals surface area (Å²) in [6, 6.07) is 1.16. The summed E-state index contributed by atoms with van der Waals surface area (Å²) in [6.07, 6.45) is 8.14. The molecule has 1 spiro atoms.